The number of aromatic nitrogens is 3. The lowest BCUT2D eigenvalue weighted by Crippen LogP contribution is -2.50. The second-order valence-corrected chi connectivity index (χ2v) is 6.69. The van der Waals surface area contributed by atoms with Crippen LogP contribution in [0, 0.1) is 0 Å². The molecular weight excluding hydrogens is 322 g/mol. The number of carbonyl (C=O) groups excluding carboxylic acids is 1. The van der Waals surface area contributed by atoms with Crippen LogP contribution in [-0.2, 0) is 11.2 Å². The Morgan fingerprint density at radius 1 is 1.32 bits per heavy atom. The van der Waals surface area contributed by atoms with Crippen LogP contribution in [0.1, 0.15) is 28.8 Å². The molecule has 0 spiro atoms. The van der Waals surface area contributed by atoms with Crippen molar-refractivity contribution in [1.82, 2.24) is 24.8 Å². The molecule has 4 rings (SSSR count). The number of aliphatic hydroxyl groups excluding tert-OH is 1. The summed E-state index contributed by atoms with van der Waals surface area (Å²) in [7, 11) is 0. The van der Waals surface area contributed by atoms with E-state index in [0.29, 0.717) is 30.8 Å². The van der Waals surface area contributed by atoms with Crippen molar-refractivity contribution in [2.45, 2.75) is 31.3 Å². The molecule has 0 radical (unpaired) electrons. The number of amides is 1. The molecule has 8 heteroatoms. The van der Waals surface area contributed by atoms with Gasteiger partial charge in [-0.1, -0.05) is 0 Å². The summed E-state index contributed by atoms with van der Waals surface area (Å²) in [4.78, 5) is 19.5. The highest BCUT2D eigenvalue weighted by Crippen LogP contribution is 2.20. The first-order valence-corrected chi connectivity index (χ1v) is 8.82. The highest BCUT2D eigenvalue weighted by molar-refractivity contribution is 5.99. The summed E-state index contributed by atoms with van der Waals surface area (Å²) < 4.78 is 7.20. The average Bonchev–Trinajstić information content (AvgIpc) is 3.34. The van der Waals surface area contributed by atoms with Gasteiger partial charge >= 0.3 is 0 Å². The van der Waals surface area contributed by atoms with Gasteiger partial charge in [-0.25, -0.2) is 9.50 Å². The number of hydrogen-bond donors (Lipinski definition) is 2. The second-order valence-electron chi connectivity index (χ2n) is 6.69. The maximum absolute atomic E-state index is 12.7. The smallest absolute Gasteiger partial charge is 0.257 e. The molecular formula is C17H23N5O3. The van der Waals surface area contributed by atoms with Gasteiger partial charge in [0.05, 0.1) is 31.5 Å². The molecule has 0 aliphatic carbocycles. The first-order chi connectivity index (χ1) is 12.3. The molecule has 0 saturated carbocycles. The summed E-state index contributed by atoms with van der Waals surface area (Å²) in [6.07, 6.45) is 7.95. The quantitative estimate of drug-likeness (QED) is 0.784. The van der Waals surface area contributed by atoms with E-state index in [1.165, 1.54) is 12.8 Å². The van der Waals surface area contributed by atoms with Crippen LogP contribution in [0.5, 0.6) is 0 Å². The lowest BCUT2D eigenvalue weighted by molar-refractivity contribution is 0.0918. The maximum atomic E-state index is 12.7. The SMILES string of the molecule is O=C(N[C@H]1COC[C@@H]1N1CCCC1)c1cnn2cc(CCO)cnc12. The molecule has 2 saturated heterocycles. The highest BCUT2D eigenvalue weighted by Gasteiger charge is 2.35. The molecule has 0 aromatic carbocycles. The predicted molar refractivity (Wildman–Crippen MR) is 90.4 cm³/mol. The number of nitrogens with zero attached hydrogens (tertiary/aromatic N) is 4. The fourth-order valence-corrected chi connectivity index (χ4v) is 3.69. The number of rotatable bonds is 5. The van der Waals surface area contributed by atoms with E-state index in [1.54, 1.807) is 23.1 Å². The summed E-state index contributed by atoms with van der Waals surface area (Å²) in [5.74, 6) is -0.169. The normalized spacial score (nSPS) is 24.2. The zero-order valence-electron chi connectivity index (χ0n) is 14.1. The minimum atomic E-state index is -0.169. The van der Waals surface area contributed by atoms with Crippen molar-refractivity contribution in [3.8, 4) is 0 Å². The van der Waals surface area contributed by atoms with Crippen LogP contribution in [0.4, 0.5) is 0 Å². The number of fused-ring (bicyclic) bond motifs is 1. The van der Waals surface area contributed by atoms with Crippen LogP contribution >= 0.6 is 0 Å². The van der Waals surface area contributed by atoms with Gasteiger partial charge in [0, 0.05) is 19.0 Å². The molecule has 1 amide bonds. The third kappa shape index (κ3) is 3.24. The Kier molecular flexibility index (Phi) is 4.65. The fourth-order valence-electron chi connectivity index (χ4n) is 3.69. The Morgan fingerprint density at radius 3 is 2.96 bits per heavy atom. The summed E-state index contributed by atoms with van der Waals surface area (Å²) in [6.45, 7) is 3.42. The van der Waals surface area contributed by atoms with Gasteiger partial charge in [-0.2, -0.15) is 5.10 Å². The lowest BCUT2D eigenvalue weighted by atomic mass is 10.1. The monoisotopic (exact) mass is 345 g/mol. The van der Waals surface area contributed by atoms with E-state index in [-0.39, 0.29) is 24.6 Å². The molecule has 134 valence electrons. The van der Waals surface area contributed by atoms with E-state index in [0.717, 1.165) is 18.7 Å². The largest absolute Gasteiger partial charge is 0.396 e. The number of likely N-dealkylation sites (tertiary alicyclic amines) is 1. The van der Waals surface area contributed by atoms with Crippen LogP contribution < -0.4 is 5.32 Å². The minimum absolute atomic E-state index is 0.00536. The van der Waals surface area contributed by atoms with Gasteiger partial charge in [-0.15, -0.1) is 0 Å². The van der Waals surface area contributed by atoms with Gasteiger partial charge in [0.2, 0.25) is 0 Å². The molecule has 4 heterocycles. The molecule has 0 bridgehead atoms. The van der Waals surface area contributed by atoms with Crippen molar-refractivity contribution in [3.63, 3.8) is 0 Å². The van der Waals surface area contributed by atoms with Gasteiger partial charge in [0.25, 0.3) is 5.91 Å². The Balaban J connectivity index is 1.49. The zero-order valence-corrected chi connectivity index (χ0v) is 14.1. The van der Waals surface area contributed by atoms with Crippen LogP contribution in [0.15, 0.2) is 18.6 Å². The lowest BCUT2D eigenvalue weighted by Gasteiger charge is -2.27. The molecule has 2 aliphatic heterocycles. The molecule has 2 aliphatic rings. The third-order valence-electron chi connectivity index (χ3n) is 5.03. The highest BCUT2D eigenvalue weighted by atomic mass is 16.5. The standard InChI is InChI=1S/C17H23N5O3/c23-6-3-12-7-18-16-13(8-19-22(16)9-12)17(24)20-14-10-25-11-15(14)21-4-1-2-5-21/h7-9,14-15,23H,1-6,10-11H2,(H,20,24)/t14-,15-/m0/s1. The Hall–Kier alpha value is -2.03. The molecule has 2 fully saturated rings. The Morgan fingerprint density at radius 2 is 2.16 bits per heavy atom. The predicted octanol–water partition coefficient (Wildman–Crippen LogP) is -0.143. The second kappa shape index (κ2) is 7.07. The van der Waals surface area contributed by atoms with E-state index < -0.39 is 0 Å². The van der Waals surface area contributed by atoms with Crippen LogP contribution in [0.3, 0.4) is 0 Å². The Bertz CT molecular complexity index is 756. The first-order valence-electron chi connectivity index (χ1n) is 8.82. The van der Waals surface area contributed by atoms with Gasteiger partial charge < -0.3 is 15.2 Å². The van der Waals surface area contributed by atoms with E-state index in [4.69, 9.17) is 9.84 Å². The molecule has 2 aromatic heterocycles. The summed E-state index contributed by atoms with van der Waals surface area (Å²) in [6, 6.07) is 0.242. The zero-order chi connectivity index (χ0) is 17.2. The van der Waals surface area contributed by atoms with Crippen molar-refractivity contribution in [3.05, 3.63) is 29.7 Å². The molecule has 25 heavy (non-hydrogen) atoms. The maximum Gasteiger partial charge on any atom is 0.257 e. The van der Waals surface area contributed by atoms with Gasteiger partial charge in [-0.05, 0) is 37.9 Å². The van der Waals surface area contributed by atoms with E-state index >= 15 is 0 Å². The Labute approximate surface area is 145 Å². The van der Waals surface area contributed by atoms with Gasteiger partial charge in [-0.3, -0.25) is 9.69 Å². The number of nitrogens with one attached hydrogen (secondary N) is 1. The molecule has 8 nitrogen and oxygen atoms in total. The first kappa shape index (κ1) is 16.4. The summed E-state index contributed by atoms with van der Waals surface area (Å²) >= 11 is 0. The fraction of sp³-hybridized carbons (Fsp3) is 0.588. The van der Waals surface area contributed by atoms with E-state index in [1.807, 2.05) is 0 Å². The minimum Gasteiger partial charge on any atom is -0.396 e. The number of hydrogen-bond acceptors (Lipinski definition) is 6. The van der Waals surface area contributed by atoms with Crippen molar-refractivity contribution >= 4 is 11.6 Å². The number of carbonyl (C=O) groups is 1. The molecule has 2 aromatic rings. The van der Waals surface area contributed by atoms with Crippen LogP contribution in [0.25, 0.3) is 5.65 Å². The van der Waals surface area contributed by atoms with E-state index in [9.17, 15) is 4.79 Å². The molecule has 2 atom stereocenters. The van der Waals surface area contributed by atoms with Gasteiger partial charge in [0.15, 0.2) is 5.65 Å². The van der Waals surface area contributed by atoms with Crippen LogP contribution in [0.2, 0.25) is 0 Å². The van der Waals surface area contributed by atoms with Crippen molar-refractivity contribution < 1.29 is 14.6 Å². The van der Waals surface area contributed by atoms with Crippen molar-refractivity contribution in [2.75, 3.05) is 32.9 Å². The number of aliphatic hydroxyl groups is 1. The third-order valence-corrected chi connectivity index (χ3v) is 5.03. The van der Waals surface area contributed by atoms with Crippen molar-refractivity contribution in [2.24, 2.45) is 0 Å². The molecule has 0 unspecified atom stereocenters. The average molecular weight is 345 g/mol. The van der Waals surface area contributed by atoms with E-state index in [2.05, 4.69) is 20.3 Å². The summed E-state index contributed by atoms with van der Waals surface area (Å²) in [5.41, 5.74) is 1.86. The summed E-state index contributed by atoms with van der Waals surface area (Å²) in [5, 5.41) is 16.3. The van der Waals surface area contributed by atoms with Gasteiger partial charge in [0.1, 0.15) is 5.56 Å². The van der Waals surface area contributed by atoms with Crippen molar-refractivity contribution in [1.29, 1.82) is 0 Å². The molecule has 2 N–H and O–H groups in total. The number of ether oxygens (including phenoxy) is 1. The topological polar surface area (TPSA) is 92.0 Å². The van der Waals surface area contributed by atoms with Crippen LogP contribution in [-0.4, -0.2) is 75.5 Å².